The summed E-state index contributed by atoms with van der Waals surface area (Å²) in [6, 6.07) is 18.5. The maximum absolute atomic E-state index is 14.0. The molecule has 0 saturated heterocycles. The molecule has 1 N–H and O–H groups in total. The lowest BCUT2D eigenvalue weighted by Gasteiger charge is -2.25. The predicted octanol–water partition coefficient (Wildman–Crippen LogP) is 3.95. The topological polar surface area (TPSA) is 112 Å². The number of sulfonamides is 1. The summed E-state index contributed by atoms with van der Waals surface area (Å²) in [6.07, 6.45) is 0. The highest BCUT2D eigenvalue weighted by atomic mass is 32.2. The first-order valence-electron chi connectivity index (χ1n) is 12.4. The van der Waals surface area contributed by atoms with Crippen molar-refractivity contribution in [3.05, 3.63) is 93.9 Å². The van der Waals surface area contributed by atoms with E-state index in [9.17, 15) is 18.0 Å². The molecule has 0 aliphatic rings. The molecular weight excluding hydrogens is 532 g/mol. The number of hydrogen-bond acceptors (Lipinski definition) is 6. The van der Waals surface area contributed by atoms with Gasteiger partial charge in [-0.3, -0.25) is 18.6 Å². The van der Waals surface area contributed by atoms with Crippen LogP contribution in [0.4, 0.5) is 11.4 Å². The summed E-state index contributed by atoms with van der Waals surface area (Å²) in [6.45, 7) is 4.82. The Bertz CT molecular complexity index is 1710. The average Bonchev–Trinajstić information content (AvgIpc) is 3.13. The van der Waals surface area contributed by atoms with Gasteiger partial charge in [-0.25, -0.2) is 13.1 Å². The minimum Gasteiger partial charge on any atom is -0.493 e. The van der Waals surface area contributed by atoms with E-state index in [1.54, 1.807) is 42.9 Å². The van der Waals surface area contributed by atoms with Crippen LogP contribution in [0.1, 0.15) is 16.8 Å². The Kier molecular flexibility index (Phi) is 8.06. The molecule has 0 radical (unpaired) electrons. The molecule has 1 heterocycles. The van der Waals surface area contributed by atoms with Gasteiger partial charge in [-0.05, 0) is 68.3 Å². The van der Waals surface area contributed by atoms with Crippen LogP contribution in [0.5, 0.6) is 11.5 Å². The highest BCUT2D eigenvalue weighted by Gasteiger charge is 2.29. The number of nitrogens with one attached hydrogen (secondary N) is 1. The van der Waals surface area contributed by atoms with Crippen molar-refractivity contribution in [3.8, 4) is 17.2 Å². The van der Waals surface area contributed by atoms with Crippen molar-refractivity contribution in [2.45, 2.75) is 25.7 Å². The van der Waals surface area contributed by atoms with Gasteiger partial charge in [0, 0.05) is 13.1 Å². The maximum atomic E-state index is 14.0. The Morgan fingerprint density at radius 1 is 0.900 bits per heavy atom. The van der Waals surface area contributed by atoms with E-state index in [1.807, 2.05) is 38.1 Å². The summed E-state index contributed by atoms with van der Waals surface area (Å²) in [5, 5.41) is 2.66. The van der Waals surface area contributed by atoms with Crippen LogP contribution in [-0.2, 0) is 21.9 Å². The van der Waals surface area contributed by atoms with Gasteiger partial charge in [0.15, 0.2) is 11.5 Å². The number of carbonyl (C=O) groups excluding carboxylic acids is 1. The monoisotopic (exact) mass is 564 g/mol. The summed E-state index contributed by atoms with van der Waals surface area (Å²) >= 11 is 0. The Balaban J connectivity index is 1.75. The molecule has 0 fully saturated rings. The summed E-state index contributed by atoms with van der Waals surface area (Å²) in [5.41, 5.74) is 2.75. The third-order valence-electron chi connectivity index (χ3n) is 6.54. The van der Waals surface area contributed by atoms with E-state index in [4.69, 9.17) is 9.47 Å². The van der Waals surface area contributed by atoms with Crippen molar-refractivity contribution >= 4 is 27.3 Å². The molecule has 4 rings (SSSR count). The number of methoxy groups -OCH3 is 2. The van der Waals surface area contributed by atoms with E-state index >= 15 is 0 Å². The normalized spacial score (nSPS) is 11.2. The van der Waals surface area contributed by atoms with Gasteiger partial charge in [0.25, 0.3) is 15.6 Å². The van der Waals surface area contributed by atoms with E-state index < -0.39 is 28.0 Å². The lowest BCUT2D eigenvalue weighted by molar-refractivity contribution is -0.114. The van der Waals surface area contributed by atoms with Crippen molar-refractivity contribution in [2.75, 3.05) is 30.4 Å². The standard InChI is InChI=1S/C29H32N4O6S/c1-19-14-20(2)16-23(15-19)32(40(36,37)24-12-13-25(38-5)26(17-24)39-6)18-27(34)30-28-21(3)31(4)33(29(28)35)22-10-8-7-9-11-22/h7-17H,18H2,1-6H3,(H,30,34). The molecule has 3 aromatic carbocycles. The first kappa shape index (κ1) is 28.5. The number of nitrogens with zero attached hydrogens (tertiary/aromatic N) is 3. The van der Waals surface area contributed by atoms with Crippen LogP contribution in [0, 0.1) is 20.8 Å². The Morgan fingerprint density at radius 3 is 2.12 bits per heavy atom. The van der Waals surface area contributed by atoms with Gasteiger partial charge in [-0.2, -0.15) is 0 Å². The minimum atomic E-state index is -4.25. The van der Waals surface area contributed by atoms with Gasteiger partial charge in [-0.1, -0.05) is 24.3 Å². The maximum Gasteiger partial charge on any atom is 0.295 e. The summed E-state index contributed by atoms with van der Waals surface area (Å²) < 4.78 is 42.6. The molecule has 11 heteroatoms. The van der Waals surface area contributed by atoms with E-state index in [0.29, 0.717) is 22.8 Å². The van der Waals surface area contributed by atoms with Gasteiger partial charge in [0.1, 0.15) is 12.2 Å². The quantitative estimate of drug-likeness (QED) is 0.330. The highest BCUT2D eigenvalue weighted by molar-refractivity contribution is 7.92. The van der Waals surface area contributed by atoms with Crippen LogP contribution in [0.25, 0.3) is 5.69 Å². The SMILES string of the molecule is COc1ccc(S(=O)(=O)N(CC(=O)Nc2c(C)n(C)n(-c3ccccc3)c2=O)c2cc(C)cc(C)c2)cc1OC. The molecule has 0 aliphatic heterocycles. The second-order valence-electron chi connectivity index (χ2n) is 9.36. The molecule has 1 aromatic heterocycles. The highest BCUT2D eigenvalue weighted by Crippen LogP contribution is 2.32. The summed E-state index contributed by atoms with van der Waals surface area (Å²) in [5.74, 6) is -0.0737. The zero-order chi connectivity index (χ0) is 29.2. The fourth-order valence-electron chi connectivity index (χ4n) is 4.54. The van der Waals surface area contributed by atoms with E-state index in [2.05, 4.69) is 5.32 Å². The molecular formula is C29H32N4O6S. The van der Waals surface area contributed by atoms with Gasteiger partial charge < -0.3 is 14.8 Å². The minimum absolute atomic E-state index is 0.0697. The average molecular weight is 565 g/mol. The number of para-hydroxylation sites is 1. The summed E-state index contributed by atoms with van der Waals surface area (Å²) in [4.78, 5) is 26.6. The number of rotatable bonds is 9. The number of benzene rings is 3. The van der Waals surface area contributed by atoms with Crippen molar-refractivity contribution in [2.24, 2.45) is 7.05 Å². The molecule has 210 valence electrons. The molecule has 10 nitrogen and oxygen atoms in total. The second-order valence-corrected chi connectivity index (χ2v) is 11.2. The van der Waals surface area contributed by atoms with Gasteiger partial charge in [0.05, 0.1) is 36.2 Å². The number of anilines is 2. The molecule has 0 atom stereocenters. The Labute approximate surface area is 233 Å². The van der Waals surface area contributed by atoms with Gasteiger partial charge in [0.2, 0.25) is 5.91 Å². The molecule has 0 aliphatic carbocycles. The zero-order valence-electron chi connectivity index (χ0n) is 23.3. The van der Waals surface area contributed by atoms with Gasteiger partial charge >= 0.3 is 0 Å². The lowest BCUT2D eigenvalue weighted by Crippen LogP contribution is -2.39. The molecule has 0 bridgehead atoms. The van der Waals surface area contributed by atoms with Crippen LogP contribution in [0.15, 0.2) is 76.4 Å². The Hall–Kier alpha value is -4.51. The molecule has 0 unspecified atom stereocenters. The summed E-state index contributed by atoms with van der Waals surface area (Å²) in [7, 11) is 0.325. The first-order valence-corrected chi connectivity index (χ1v) is 13.9. The predicted molar refractivity (Wildman–Crippen MR) is 154 cm³/mol. The van der Waals surface area contributed by atoms with Crippen LogP contribution < -0.4 is 24.7 Å². The molecule has 1 amide bonds. The van der Waals surface area contributed by atoms with Crippen LogP contribution in [-0.4, -0.2) is 44.5 Å². The second kappa shape index (κ2) is 11.3. The van der Waals surface area contributed by atoms with Gasteiger partial charge in [-0.15, -0.1) is 0 Å². The lowest BCUT2D eigenvalue weighted by atomic mass is 10.1. The zero-order valence-corrected chi connectivity index (χ0v) is 24.1. The van der Waals surface area contributed by atoms with E-state index in [-0.39, 0.29) is 16.3 Å². The third-order valence-corrected chi connectivity index (χ3v) is 8.31. The van der Waals surface area contributed by atoms with Crippen molar-refractivity contribution < 1.29 is 22.7 Å². The molecule has 0 saturated carbocycles. The molecule has 4 aromatic rings. The molecule has 0 spiro atoms. The fourth-order valence-corrected chi connectivity index (χ4v) is 5.96. The number of hydrogen-bond donors (Lipinski definition) is 1. The number of aryl methyl sites for hydroxylation is 2. The number of carbonyl (C=O) groups is 1. The fraction of sp³-hybridized carbons (Fsp3) is 0.241. The first-order chi connectivity index (χ1) is 19.0. The largest absolute Gasteiger partial charge is 0.493 e. The number of amides is 1. The number of ether oxygens (including phenoxy) is 2. The smallest absolute Gasteiger partial charge is 0.295 e. The third kappa shape index (κ3) is 5.46. The van der Waals surface area contributed by atoms with Crippen LogP contribution in [0.2, 0.25) is 0 Å². The van der Waals surface area contributed by atoms with Crippen LogP contribution >= 0.6 is 0 Å². The van der Waals surface area contributed by atoms with E-state index in [1.165, 1.54) is 37.1 Å². The van der Waals surface area contributed by atoms with Crippen molar-refractivity contribution in [1.82, 2.24) is 9.36 Å². The number of aromatic nitrogens is 2. The molecule has 40 heavy (non-hydrogen) atoms. The van der Waals surface area contributed by atoms with Crippen molar-refractivity contribution in [3.63, 3.8) is 0 Å². The van der Waals surface area contributed by atoms with Crippen molar-refractivity contribution in [1.29, 1.82) is 0 Å². The van der Waals surface area contributed by atoms with Crippen LogP contribution in [0.3, 0.4) is 0 Å². The Morgan fingerprint density at radius 2 is 1.52 bits per heavy atom. The van der Waals surface area contributed by atoms with E-state index in [0.717, 1.165) is 15.4 Å².